The molecule has 5 nitrogen and oxygen atoms in total. The third kappa shape index (κ3) is 3.91. The van der Waals surface area contributed by atoms with E-state index in [-0.39, 0.29) is 15.5 Å². The van der Waals surface area contributed by atoms with Crippen LogP contribution in [0.15, 0.2) is 70.6 Å². The number of aromatic amines is 1. The summed E-state index contributed by atoms with van der Waals surface area (Å²) in [4.78, 5) is 2.55. The van der Waals surface area contributed by atoms with Crippen LogP contribution >= 0.6 is 0 Å². The molecule has 0 spiro atoms. The van der Waals surface area contributed by atoms with Gasteiger partial charge in [0.05, 0.1) is 15.4 Å². The van der Waals surface area contributed by atoms with Crippen LogP contribution < -0.4 is 4.74 Å². The lowest BCUT2D eigenvalue weighted by Gasteiger charge is -2.13. The molecular formula is C23H18F3NO4S. The maximum absolute atomic E-state index is 13.1. The van der Waals surface area contributed by atoms with Gasteiger partial charge in [-0.15, -0.1) is 0 Å². The number of rotatable bonds is 4. The Morgan fingerprint density at radius 1 is 0.938 bits per heavy atom. The fourth-order valence-corrected chi connectivity index (χ4v) is 4.94. The number of ether oxygens (including phenoxy) is 1. The summed E-state index contributed by atoms with van der Waals surface area (Å²) in [5.74, 6) is 1.01. The zero-order valence-corrected chi connectivity index (χ0v) is 17.8. The number of halogens is 3. The quantitative estimate of drug-likeness (QED) is 0.383. The monoisotopic (exact) mass is 461 g/mol. The average molecular weight is 461 g/mol. The molecule has 0 saturated heterocycles. The maximum atomic E-state index is 13.1. The van der Waals surface area contributed by atoms with E-state index in [2.05, 4.69) is 4.98 Å². The number of aromatic hydroxyl groups is 1. The number of sulfone groups is 1. The average Bonchev–Trinajstić information content (AvgIpc) is 3.14. The number of fused-ring (bicyclic) bond motifs is 1. The second kappa shape index (κ2) is 7.59. The molecule has 0 fully saturated rings. The minimum atomic E-state index is -4.56. The zero-order valence-electron chi connectivity index (χ0n) is 17.0. The van der Waals surface area contributed by atoms with Crippen molar-refractivity contribution in [1.29, 1.82) is 0 Å². The number of hydrogen-bond donors (Lipinski definition) is 2. The summed E-state index contributed by atoms with van der Waals surface area (Å²) < 4.78 is 70.6. The topological polar surface area (TPSA) is 79.4 Å². The van der Waals surface area contributed by atoms with Gasteiger partial charge < -0.3 is 14.8 Å². The SMILES string of the molecule is Cc1cc(O)cc(C)c1Oc1ccc2[nH]cc(S(=O)(=O)c3ccc(C(F)(F)F)cc3)c2c1. The van der Waals surface area contributed by atoms with Gasteiger partial charge in [-0.05, 0) is 79.6 Å². The maximum Gasteiger partial charge on any atom is 0.416 e. The van der Waals surface area contributed by atoms with E-state index < -0.39 is 21.6 Å². The Morgan fingerprint density at radius 3 is 2.16 bits per heavy atom. The third-order valence-electron chi connectivity index (χ3n) is 5.06. The van der Waals surface area contributed by atoms with Crippen LogP contribution in [0.2, 0.25) is 0 Å². The number of H-pyrrole nitrogens is 1. The highest BCUT2D eigenvalue weighted by Crippen LogP contribution is 2.36. The van der Waals surface area contributed by atoms with Crippen LogP contribution in [0.25, 0.3) is 10.9 Å². The highest BCUT2D eigenvalue weighted by Gasteiger charge is 2.31. The van der Waals surface area contributed by atoms with Crippen LogP contribution in [-0.2, 0) is 16.0 Å². The molecule has 0 amide bonds. The van der Waals surface area contributed by atoms with Crippen molar-refractivity contribution in [3.8, 4) is 17.2 Å². The van der Waals surface area contributed by atoms with Crippen molar-refractivity contribution in [2.75, 3.05) is 0 Å². The van der Waals surface area contributed by atoms with Crippen molar-refractivity contribution in [2.24, 2.45) is 0 Å². The molecule has 32 heavy (non-hydrogen) atoms. The van der Waals surface area contributed by atoms with Gasteiger partial charge in [-0.2, -0.15) is 13.2 Å². The lowest BCUT2D eigenvalue weighted by molar-refractivity contribution is -0.137. The Hall–Kier alpha value is -3.46. The Labute approximate surface area is 182 Å². The van der Waals surface area contributed by atoms with E-state index in [1.54, 1.807) is 44.2 Å². The molecule has 4 rings (SSSR count). The molecule has 2 N–H and O–H groups in total. The van der Waals surface area contributed by atoms with Crippen LogP contribution in [0.4, 0.5) is 13.2 Å². The first-order valence-corrected chi connectivity index (χ1v) is 11.0. The normalized spacial score (nSPS) is 12.3. The number of benzene rings is 3. The van der Waals surface area contributed by atoms with Gasteiger partial charge in [0.2, 0.25) is 9.84 Å². The Balaban J connectivity index is 1.75. The van der Waals surface area contributed by atoms with Crippen LogP contribution in [0.3, 0.4) is 0 Å². The molecule has 166 valence electrons. The number of phenolic OH excluding ortho intramolecular Hbond substituents is 1. The van der Waals surface area contributed by atoms with Crippen LogP contribution in [-0.4, -0.2) is 18.5 Å². The van der Waals surface area contributed by atoms with Gasteiger partial charge in [-0.1, -0.05) is 0 Å². The van der Waals surface area contributed by atoms with Crippen molar-refractivity contribution in [1.82, 2.24) is 4.98 Å². The summed E-state index contributed by atoms with van der Waals surface area (Å²) in [7, 11) is -4.08. The smallest absolute Gasteiger partial charge is 0.416 e. The summed E-state index contributed by atoms with van der Waals surface area (Å²) in [6.07, 6.45) is -3.25. The summed E-state index contributed by atoms with van der Waals surface area (Å²) in [5, 5.41) is 10.0. The van der Waals surface area contributed by atoms with Crippen LogP contribution in [0.5, 0.6) is 17.2 Å². The number of phenols is 1. The first-order chi connectivity index (χ1) is 15.0. The van der Waals surface area contributed by atoms with Gasteiger partial charge in [0.25, 0.3) is 0 Å². The fourth-order valence-electron chi connectivity index (χ4n) is 3.52. The van der Waals surface area contributed by atoms with Crippen molar-refractivity contribution < 1.29 is 31.4 Å². The van der Waals surface area contributed by atoms with E-state index in [4.69, 9.17) is 4.74 Å². The van der Waals surface area contributed by atoms with Gasteiger partial charge in [0, 0.05) is 17.1 Å². The molecule has 0 atom stereocenters. The molecule has 0 saturated carbocycles. The Morgan fingerprint density at radius 2 is 1.56 bits per heavy atom. The lowest BCUT2D eigenvalue weighted by atomic mass is 10.1. The second-order valence-electron chi connectivity index (χ2n) is 7.40. The van der Waals surface area contributed by atoms with E-state index >= 15 is 0 Å². The first kappa shape index (κ1) is 21.8. The first-order valence-electron chi connectivity index (χ1n) is 9.48. The van der Waals surface area contributed by atoms with Crippen LogP contribution in [0.1, 0.15) is 16.7 Å². The number of aryl methyl sites for hydroxylation is 2. The summed E-state index contributed by atoms with van der Waals surface area (Å²) in [5.41, 5.74) is 1.01. The predicted molar refractivity (Wildman–Crippen MR) is 113 cm³/mol. The zero-order chi connectivity index (χ0) is 23.3. The van der Waals surface area contributed by atoms with E-state index in [0.29, 0.717) is 33.5 Å². The number of aromatic nitrogens is 1. The molecular weight excluding hydrogens is 443 g/mol. The third-order valence-corrected chi connectivity index (χ3v) is 6.87. The van der Waals surface area contributed by atoms with E-state index in [1.807, 2.05) is 0 Å². The van der Waals surface area contributed by atoms with Gasteiger partial charge in [0.1, 0.15) is 17.2 Å². The fraction of sp³-hybridized carbons (Fsp3) is 0.130. The molecule has 1 heterocycles. The van der Waals surface area contributed by atoms with Crippen LogP contribution in [0, 0.1) is 13.8 Å². The highest BCUT2D eigenvalue weighted by molar-refractivity contribution is 7.91. The minimum Gasteiger partial charge on any atom is -0.508 e. The minimum absolute atomic E-state index is 0.0724. The highest BCUT2D eigenvalue weighted by atomic mass is 32.2. The van der Waals surface area contributed by atoms with Crippen molar-refractivity contribution >= 4 is 20.7 Å². The largest absolute Gasteiger partial charge is 0.508 e. The van der Waals surface area contributed by atoms with E-state index in [0.717, 1.165) is 24.3 Å². The number of hydrogen-bond acceptors (Lipinski definition) is 4. The lowest BCUT2D eigenvalue weighted by Crippen LogP contribution is -2.06. The molecule has 3 aromatic carbocycles. The summed E-state index contributed by atoms with van der Waals surface area (Å²) >= 11 is 0. The van der Waals surface area contributed by atoms with E-state index in [9.17, 15) is 26.7 Å². The summed E-state index contributed by atoms with van der Waals surface area (Å²) in [6, 6.07) is 11.4. The molecule has 0 aliphatic rings. The molecule has 0 bridgehead atoms. The molecule has 0 unspecified atom stereocenters. The Bertz CT molecular complexity index is 1400. The molecule has 1 aromatic heterocycles. The summed E-state index contributed by atoms with van der Waals surface area (Å²) in [6.45, 7) is 3.55. The van der Waals surface area contributed by atoms with E-state index in [1.165, 1.54) is 6.20 Å². The second-order valence-corrected chi connectivity index (χ2v) is 9.31. The standard InChI is InChI=1S/C23H18F3NO4S/c1-13-9-16(28)10-14(2)22(13)31-17-5-8-20-19(11-17)21(12-27-20)32(29,30)18-6-3-15(4-7-18)23(24,25)26/h3-12,27-28H,1-2H3. The molecule has 0 aliphatic heterocycles. The van der Waals surface area contributed by atoms with Crippen molar-refractivity contribution in [3.63, 3.8) is 0 Å². The van der Waals surface area contributed by atoms with Crippen molar-refractivity contribution in [2.45, 2.75) is 29.8 Å². The molecule has 9 heteroatoms. The number of alkyl halides is 3. The molecule has 4 aromatic rings. The predicted octanol–water partition coefficient (Wildman–Crippen LogP) is 6.13. The van der Waals surface area contributed by atoms with Gasteiger partial charge in [0.15, 0.2) is 0 Å². The molecule has 0 aliphatic carbocycles. The van der Waals surface area contributed by atoms with Gasteiger partial charge >= 0.3 is 6.18 Å². The Kier molecular flexibility index (Phi) is 5.16. The number of nitrogens with one attached hydrogen (secondary N) is 1. The molecule has 0 radical (unpaired) electrons. The van der Waals surface area contributed by atoms with Crippen molar-refractivity contribution in [3.05, 3.63) is 77.5 Å². The van der Waals surface area contributed by atoms with Gasteiger partial charge in [-0.3, -0.25) is 0 Å². The van der Waals surface area contributed by atoms with Gasteiger partial charge in [-0.25, -0.2) is 8.42 Å².